The monoisotopic (exact) mass is 270 g/mol. The molecule has 0 aliphatic carbocycles. The number of aryl methyl sites for hydroxylation is 1. The smallest absolute Gasteiger partial charge is 0.346 e. The third kappa shape index (κ3) is 2.91. The minimum absolute atomic E-state index is 0.0890. The van der Waals surface area contributed by atoms with Crippen LogP contribution in [-0.4, -0.2) is 39.5 Å². The first-order valence-electron chi connectivity index (χ1n) is 5.66. The molecule has 1 fully saturated rings. The lowest BCUT2D eigenvalue weighted by molar-refractivity contribution is 0.0690. The highest BCUT2D eigenvalue weighted by Crippen LogP contribution is 2.30. The van der Waals surface area contributed by atoms with Gasteiger partial charge in [-0.1, -0.05) is 0 Å². The van der Waals surface area contributed by atoms with Crippen molar-refractivity contribution in [3.8, 4) is 0 Å². The van der Waals surface area contributed by atoms with Crippen LogP contribution in [0.1, 0.15) is 28.9 Å². The van der Waals surface area contributed by atoms with Gasteiger partial charge in [-0.2, -0.15) is 4.98 Å². The van der Waals surface area contributed by atoms with Crippen molar-refractivity contribution in [2.24, 2.45) is 0 Å². The first-order chi connectivity index (χ1) is 8.58. The SMILES string of the molecule is Cc1[nH]c(=O)nc(SC2CCOCC2)c1C(=O)O. The van der Waals surface area contributed by atoms with Crippen molar-refractivity contribution in [3.05, 3.63) is 21.7 Å². The average molecular weight is 270 g/mol. The Bertz CT molecular complexity index is 508. The Labute approximate surface area is 108 Å². The summed E-state index contributed by atoms with van der Waals surface area (Å²) in [6.07, 6.45) is 1.69. The summed E-state index contributed by atoms with van der Waals surface area (Å²) in [5.74, 6) is -1.06. The van der Waals surface area contributed by atoms with Crippen molar-refractivity contribution in [1.82, 2.24) is 9.97 Å². The number of hydrogen-bond acceptors (Lipinski definition) is 5. The van der Waals surface area contributed by atoms with E-state index in [1.165, 1.54) is 11.8 Å². The van der Waals surface area contributed by atoms with Crippen LogP contribution in [0.3, 0.4) is 0 Å². The van der Waals surface area contributed by atoms with E-state index in [-0.39, 0.29) is 10.8 Å². The van der Waals surface area contributed by atoms with Gasteiger partial charge >= 0.3 is 11.7 Å². The quantitative estimate of drug-likeness (QED) is 0.797. The fourth-order valence-corrected chi connectivity index (χ4v) is 3.09. The Hall–Kier alpha value is -1.34. The van der Waals surface area contributed by atoms with E-state index in [9.17, 15) is 9.59 Å². The number of carboxylic acid groups (broad SMARTS) is 1. The molecule has 7 heteroatoms. The molecule has 1 aromatic rings. The zero-order chi connectivity index (χ0) is 13.1. The van der Waals surface area contributed by atoms with Crippen LogP contribution in [0.15, 0.2) is 9.82 Å². The first-order valence-corrected chi connectivity index (χ1v) is 6.54. The lowest BCUT2D eigenvalue weighted by Gasteiger charge is -2.21. The maximum Gasteiger partial charge on any atom is 0.346 e. The molecule has 1 aliphatic heterocycles. The molecule has 0 atom stereocenters. The Morgan fingerprint density at radius 2 is 2.17 bits per heavy atom. The lowest BCUT2D eigenvalue weighted by Crippen LogP contribution is -2.21. The molecule has 0 aromatic carbocycles. The van der Waals surface area contributed by atoms with Gasteiger partial charge in [-0.15, -0.1) is 11.8 Å². The second-order valence-electron chi connectivity index (χ2n) is 4.08. The molecule has 0 spiro atoms. The fraction of sp³-hybridized carbons (Fsp3) is 0.545. The molecule has 0 unspecified atom stereocenters. The second kappa shape index (κ2) is 5.53. The van der Waals surface area contributed by atoms with Crippen LogP contribution < -0.4 is 5.69 Å². The van der Waals surface area contributed by atoms with Crippen LogP contribution in [0.4, 0.5) is 0 Å². The summed E-state index contributed by atoms with van der Waals surface area (Å²) in [6.45, 7) is 2.91. The number of carboxylic acids is 1. The van der Waals surface area contributed by atoms with Gasteiger partial charge in [0.25, 0.3) is 0 Å². The minimum atomic E-state index is -1.06. The van der Waals surface area contributed by atoms with Crippen molar-refractivity contribution in [2.75, 3.05) is 13.2 Å². The van der Waals surface area contributed by atoms with Crippen molar-refractivity contribution < 1.29 is 14.6 Å². The van der Waals surface area contributed by atoms with Gasteiger partial charge in [0.2, 0.25) is 0 Å². The number of nitrogens with zero attached hydrogens (tertiary/aromatic N) is 1. The van der Waals surface area contributed by atoms with Gasteiger partial charge in [-0.05, 0) is 19.8 Å². The summed E-state index contributed by atoms with van der Waals surface area (Å²) < 4.78 is 5.24. The van der Waals surface area contributed by atoms with Gasteiger partial charge in [-0.3, -0.25) is 0 Å². The van der Waals surface area contributed by atoms with E-state index in [1.54, 1.807) is 6.92 Å². The van der Waals surface area contributed by atoms with E-state index in [2.05, 4.69) is 9.97 Å². The van der Waals surface area contributed by atoms with Crippen LogP contribution in [0, 0.1) is 6.92 Å². The van der Waals surface area contributed by atoms with Gasteiger partial charge < -0.3 is 14.8 Å². The molecule has 98 valence electrons. The molecular formula is C11H14N2O4S. The number of aromatic amines is 1. The number of ether oxygens (including phenoxy) is 1. The Morgan fingerprint density at radius 3 is 2.78 bits per heavy atom. The van der Waals surface area contributed by atoms with Gasteiger partial charge in [0.15, 0.2) is 0 Å². The molecule has 0 radical (unpaired) electrons. The third-order valence-electron chi connectivity index (χ3n) is 2.75. The molecule has 1 aromatic heterocycles. The zero-order valence-corrected chi connectivity index (χ0v) is 10.7. The molecule has 0 amide bonds. The second-order valence-corrected chi connectivity index (χ2v) is 5.37. The molecule has 0 bridgehead atoms. The highest BCUT2D eigenvalue weighted by molar-refractivity contribution is 7.99. The van der Waals surface area contributed by atoms with Crippen LogP contribution in [-0.2, 0) is 4.74 Å². The van der Waals surface area contributed by atoms with E-state index < -0.39 is 11.7 Å². The molecule has 2 N–H and O–H groups in total. The Kier molecular flexibility index (Phi) is 4.03. The molecule has 18 heavy (non-hydrogen) atoms. The van der Waals surface area contributed by atoms with Crippen LogP contribution in [0.25, 0.3) is 0 Å². The maximum atomic E-state index is 11.3. The number of H-pyrrole nitrogens is 1. The number of nitrogens with one attached hydrogen (secondary N) is 1. The number of thioether (sulfide) groups is 1. The van der Waals surface area contributed by atoms with E-state index in [1.807, 2.05) is 0 Å². The van der Waals surface area contributed by atoms with Crippen molar-refractivity contribution >= 4 is 17.7 Å². The van der Waals surface area contributed by atoms with E-state index >= 15 is 0 Å². The number of rotatable bonds is 3. The predicted molar refractivity (Wildman–Crippen MR) is 66.3 cm³/mol. The molecular weight excluding hydrogens is 256 g/mol. The number of hydrogen-bond donors (Lipinski definition) is 2. The normalized spacial score (nSPS) is 16.7. The van der Waals surface area contributed by atoms with Crippen LogP contribution in [0.5, 0.6) is 0 Å². The summed E-state index contributed by atoms with van der Waals surface area (Å²) >= 11 is 1.36. The van der Waals surface area contributed by atoms with Gasteiger partial charge in [0, 0.05) is 24.2 Å². The number of aromatic nitrogens is 2. The minimum Gasteiger partial charge on any atom is -0.478 e. The third-order valence-corrected chi connectivity index (χ3v) is 4.07. The predicted octanol–water partition coefficient (Wildman–Crippen LogP) is 1.05. The summed E-state index contributed by atoms with van der Waals surface area (Å²) in [4.78, 5) is 28.7. The molecule has 2 rings (SSSR count). The topological polar surface area (TPSA) is 92.3 Å². The summed E-state index contributed by atoms with van der Waals surface area (Å²) in [5, 5.41) is 9.72. The number of aromatic carboxylic acids is 1. The van der Waals surface area contributed by atoms with Gasteiger partial charge in [0.05, 0.1) is 0 Å². The van der Waals surface area contributed by atoms with Gasteiger partial charge in [-0.25, -0.2) is 9.59 Å². The largest absolute Gasteiger partial charge is 0.478 e. The standard InChI is InChI=1S/C11H14N2O4S/c1-6-8(10(14)15)9(13-11(16)12-6)18-7-2-4-17-5-3-7/h7H,2-5H2,1H3,(H,14,15)(H,12,13,16). The highest BCUT2D eigenvalue weighted by atomic mass is 32.2. The van der Waals surface area contributed by atoms with E-state index in [4.69, 9.17) is 9.84 Å². The Balaban J connectivity index is 2.30. The highest BCUT2D eigenvalue weighted by Gasteiger charge is 2.22. The van der Waals surface area contributed by atoms with Crippen LogP contribution in [0.2, 0.25) is 0 Å². The first kappa shape index (κ1) is 13.1. The van der Waals surface area contributed by atoms with Gasteiger partial charge in [0.1, 0.15) is 10.6 Å². The Morgan fingerprint density at radius 1 is 1.50 bits per heavy atom. The molecule has 0 saturated carbocycles. The molecule has 1 aliphatic rings. The van der Waals surface area contributed by atoms with Crippen LogP contribution >= 0.6 is 11.8 Å². The molecule has 1 saturated heterocycles. The van der Waals surface area contributed by atoms with Crippen molar-refractivity contribution in [2.45, 2.75) is 30.0 Å². The van der Waals surface area contributed by atoms with Crippen molar-refractivity contribution in [1.29, 1.82) is 0 Å². The maximum absolute atomic E-state index is 11.3. The van der Waals surface area contributed by atoms with Crippen molar-refractivity contribution in [3.63, 3.8) is 0 Å². The summed E-state index contributed by atoms with van der Waals surface area (Å²) in [5.41, 5.74) is -0.0739. The zero-order valence-electron chi connectivity index (χ0n) is 9.93. The molecule has 2 heterocycles. The summed E-state index contributed by atoms with van der Waals surface area (Å²) in [7, 11) is 0. The average Bonchev–Trinajstić information content (AvgIpc) is 2.28. The fourth-order valence-electron chi connectivity index (χ4n) is 1.85. The summed E-state index contributed by atoms with van der Waals surface area (Å²) in [6, 6.07) is 0. The van der Waals surface area contributed by atoms with E-state index in [0.29, 0.717) is 23.9 Å². The molecule has 6 nitrogen and oxygen atoms in total. The van der Waals surface area contributed by atoms with E-state index in [0.717, 1.165) is 12.8 Å². The lowest BCUT2D eigenvalue weighted by atomic mass is 10.2. The number of carbonyl (C=O) groups is 1.